The number of aromatic nitrogens is 1. The molecule has 1 aliphatic heterocycles. The van der Waals surface area contributed by atoms with Crippen LogP contribution in [0.1, 0.15) is 28.9 Å². The fraction of sp³-hybridized carbons (Fsp3) is 0.238. The molecule has 0 bridgehead atoms. The number of morpholine rings is 1. The van der Waals surface area contributed by atoms with E-state index in [2.05, 4.69) is 4.98 Å². The smallest absolute Gasteiger partial charge is 0.254 e. The lowest BCUT2D eigenvalue weighted by Crippen LogP contribution is -2.46. The zero-order valence-electron chi connectivity index (χ0n) is 14.5. The van der Waals surface area contributed by atoms with Crippen molar-refractivity contribution in [3.8, 4) is 0 Å². The molecular weight excluding hydrogens is 328 g/mol. The van der Waals surface area contributed by atoms with Gasteiger partial charge in [0.2, 0.25) is 5.56 Å². The predicted molar refractivity (Wildman–Crippen MR) is 100 cm³/mol. The average molecular weight is 348 g/mol. The van der Waals surface area contributed by atoms with Crippen LogP contribution in [0.5, 0.6) is 0 Å². The third-order valence-corrected chi connectivity index (χ3v) is 4.70. The molecule has 5 heteroatoms. The molecule has 26 heavy (non-hydrogen) atoms. The number of hydrogen-bond acceptors (Lipinski definition) is 3. The van der Waals surface area contributed by atoms with Gasteiger partial charge in [0.05, 0.1) is 18.2 Å². The van der Waals surface area contributed by atoms with E-state index in [0.29, 0.717) is 24.2 Å². The van der Waals surface area contributed by atoms with Gasteiger partial charge in [0, 0.05) is 23.5 Å². The van der Waals surface area contributed by atoms with Crippen molar-refractivity contribution in [2.45, 2.75) is 19.1 Å². The van der Waals surface area contributed by atoms with Crippen molar-refractivity contribution in [3.63, 3.8) is 0 Å². The second kappa shape index (κ2) is 6.77. The van der Waals surface area contributed by atoms with Gasteiger partial charge in [-0.05, 0) is 18.6 Å². The van der Waals surface area contributed by atoms with E-state index in [1.807, 2.05) is 61.5 Å². The number of carbonyl (C=O) groups is 1. The first kappa shape index (κ1) is 16.5. The number of carbonyl (C=O) groups excluding carboxylic acids is 1. The van der Waals surface area contributed by atoms with E-state index in [4.69, 9.17) is 4.74 Å². The minimum Gasteiger partial charge on any atom is -0.367 e. The average Bonchev–Trinajstić information content (AvgIpc) is 2.67. The standard InChI is InChI=1S/C21H20N2O3/c1-14-12-23(13-19(26-14)15-7-3-2-4-8-15)21(25)17-11-20(24)22-18-10-6-5-9-16(17)18/h2-11,14,19H,12-13H2,1H3,(H,22,24)/t14-,19-/m0/s1. The molecule has 0 unspecified atom stereocenters. The van der Waals surface area contributed by atoms with Gasteiger partial charge in [0.25, 0.3) is 5.91 Å². The Morgan fingerprint density at radius 2 is 1.81 bits per heavy atom. The molecule has 1 aromatic heterocycles. The summed E-state index contributed by atoms with van der Waals surface area (Å²) in [5.74, 6) is -0.136. The predicted octanol–water partition coefficient (Wildman–Crippen LogP) is 3.13. The van der Waals surface area contributed by atoms with Crippen LogP contribution in [0.25, 0.3) is 10.9 Å². The SMILES string of the molecule is C[C@H]1CN(C(=O)c2cc(=O)[nH]c3ccccc23)C[C@@H](c2ccccc2)O1. The number of fused-ring (bicyclic) bond motifs is 1. The Morgan fingerprint density at radius 3 is 2.62 bits per heavy atom. The summed E-state index contributed by atoms with van der Waals surface area (Å²) >= 11 is 0. The van der Waals surface area contributed by atoms with E-state index in [1.165, 1.54) is 6.07 Å². The second-order valence-corrected chi connectivity index (χ2v) is 6.65. The summed E-state index contributed by atoms with van der Waals surface area (Å²) in [5.41, 5.74) is 1.88. The topological polar surface area (TPSA) is 62.4 Å². The van der Waals surface area contributed by atoms with Crippen LogP contribution >= 0.6 is 0 Å². The van der Waals surface area contributed by atoms with E-state index in [9.17, 15) is 9.59 Å². The molecule has 5 nitrogen and oxygen atoms in total. The highest BCUT2D eigenvalue weighted by molar-refractivity contribution is 6.06. The molecule has 1 fully saturated rings. The van der Waals surface area contributed by atoms with Crippen LogP contribution in [-0.2, 0) is 4.74 Å². The lowest BCUT2D eigenvalue weighted by molar-refractivity contribution is -0.0691. The Labute approximate surface area is 151 Å². The van der Waals surface area contributed by atoms with Crippen molar-refractivity contribution < 1.29 is 9.53 Å². The maximum absolute atomic E-state index is 13.2. The van der Waals surface area contributed by atoms with Crippen LogP contribution in [0.15, 0.2) is 65.5 Å². The summed E-state index contributed by atoms with van der Waals surface area (Å²) in [7, 11) is 0. The second-order valence-electron chi connectivity index (χ2n) is 6.65. The van der Waals surface area contributed by atoms with Gasteiger partial charge in [-0.3, -0.25) is 9.59 Å². The molecule has 132 valence electrons. The van der Waals surface area contributed by atoms with Crippen LogP contribution in [0.4, 0.5) is 0 Å². The van der Waals surface area contributed by atoms with Gasteiger partial charge in [0.1, 0.15) is 6.10 Å². The number of amides is 1. The van der Waals surface area contributed by atoms with Gasteiger partial charge in [0.15, 0.2) is 0 Å². The number of ether oxygens (including phenoxy) is 1. The van der Waals surface area contributed by atoms with Crippen molar-refractivity contribution in [2.24, 2.45) is 0 Å². The Kier molecular flexibility index (Phi) is 4.31. The summed E-state index contributed by atoms with van der Waals surface area (Å²) in [6.07, 6.45) is -0.247. The number of para-hydroxylation sites is 1. The van der Waals surface area contributed by atoms with Gasteiger partial charge in [-0.15, -0.1) is 0 Å². The van der Waals surface area contributed by atoms with Gasteiger partial charge < -0.3 is 14.6 Å². The number of rotatable bonds is 2. The van der Waals surface area contributed by atoms with Gasteiger partial charge >= 0.3 is 0 Å². The maximum atomic E-state index is 13.2. The zero-order valence-corrected chi connectivity index (χ0v) is 14.5. The molecule has 0 spiro atoms. The third kappa shape index (κ3) is 3.13. The quantitative estimate of drug-likeness (QED) is 0.774. The fourth-order valence-electron chi connectivity index (χ4n) is 3.52. The molecule has 2 aromatic carbocycles. The number of hydrogen-bond donors (Lipinski definition) is 1. The fourth-order valence-corrected chi connectivity index (χ4v) is 3.52. The number of pyridine rings is 1. The van der Waals surface area contributed by atoms with Crippen molar-refractivity contribution in [3.05, 3.63) is 82.1 Å². The molecule has 1 amide bonds. The first-order chi connectivity index (χ1) is 12.6. The minimum atomic E-state index is -0.270. The number of benzene rings is 2. The minimum absolute atomic E-state index is 0.0776. The van der Waals surface area contributed by atoms with Crippen LogP contribution in [0.3, 0.4) is 0 Å². The van der Waals surface area contributed by atoms with E-state index in [-0.39, 0.29) is 23.7 Å². The highest BCUT2D eigenvalue weighted by atomic mass is 16.5. The Bertz CT molecular complexity index is 997. The normalized spacial score (nSPS) is 20.3. The lowest BCUT2D eigenvalue weighted by Gasteiger charge is -2.37. The highest BCUT2D eigenvalue weighted by Crippen LogP contribution is 2.27. The monoisotopic (exact) mass is 348 g/mol. The largest absolute Gasteiger partial charge is 0.367 e. The van der Waals surface area contributed by atoms with Crippen molar-refractivity contribution in [1.82, 2.24) is 9.88 Å². The van der Waals surface area contributed by atoms with Crippen molar-refractivity contribution >= 4 is 16.8 Å². The van der Waals surface area contributed by atoms with Gasteiger partial charge in [-0.1, -0.05) is 48.5 Å². The number of nitrogens with zero attached hydrogens (tertiary/aromatic N) is 1. The molecule has 1 aliphatic rings. The first-order valence-electron chi connectivity index (χ1n) is 8.73. The van der Waals surface area contributed by atoms with E-state index < -0.39 is 0 Å². The summed E-state index contributed by atoms with van der Waals surface area (Å²) in [5, 5.41) is 0.757. The number of aromatic amines is 1. The zero-order chi connectivity index (χ0) is 18.1. The Hall–Kier alpha value is -2.92. The number of H-pyrrole nitrogens is 1. The molecule has 2 atom stereocenters. The molecule has 1 saturated heterocycles. The lowest BCUT2D eigenvalue weighted by atomic mass is 10.0. The molecule has 3 aromatic rings. The first-order valence-corrected chi connectivity index (χ1v) is 8.73. The summed E-state index contributed by atoms with van der Waals surface area (Å²) < 4.78 is 6.04. The van der Waals surface area contributed by atoms with Gasteiger partial charge in [-0.25, -0.2) is 0 Å². The van der Waals surface area contributed by atoms with E-state index >= 15 is 0 Å². The van der Waals surface area contributed by atoms with Crippen molar-refractivity contribution in [2.75, 3.05) is 13.1 Å². The van der Waals surface area contributed by atoms with Gasteiger partial charge in [-0.2, -0.15) is 0 Å². The molecular formula is C21H20N2O3. The van der Waals surface area contributed by atoms with Crippen LogP contribution in [0.2, 0.25) is 0 Å². The molecule has 2 heterocycles. The highest BCUT2D eigenvalue weighted by Gasteiger charge is 2.30. The van der Waals surface area contributed by atoms with Crippen LogP contribution < -0.4 is 5.56 Å². The summed E-state index contributed by atoms with van der Waals surface area (Å²) in [4.78, 5) is 29.8. The Morgan fingerprint density at radius 1 is 1.08 bits per heavy atom. The van der Waals surface area contributed by atoms with E-state index in [1.54, 1.807) is 4.90 Å². The van der Waals surface area contributed by atoms with Crippen LogP contribution in [0, 0.1) is 0 Å². The van der Waals surface area contributed by atoms with Crippen LogP contribution in [-0.4, -0.2) is 35.0 Å². The molecule has 1 N–H and O–H groups in total. The van der Waals surface area contributed by atoms with Crippen molar-refractivity contribution in [1.29, 1.82) is 0 Å². The summed E-state index contributed by atoms with van der Waals surface area (Å²) in [6.45, 7) is 2.93. The summed E-state index contributed by atoms with van der Waals surface area (Å²) in [6, 6.07) is 18.7. The molecule has 0 radical (unpaired) electrons. The Balaban J connectivity index is 1.69. The molecule has 0 saturated carbocycles. The number of nitrogens with one attached hydrogen (secondary N) is 1. The maximum Gasteiger partial charge on any atom is 0.254 e. The molecule has 4 rings (SSSR count). The van der Waals surface area contributed by atoms with E-state index in [0.717, 1.165) is 10.9 Å². The molecule has 0 aliphatic carbocycles. The third-order valence-electron chi connectivity index (χ3n) is 4.70.